The van der Waals surface area contributed by atoms with Gasteiger partial charge >= 0.3 is 0 Å². The first-order valence-corrected chi connectivity index (χ1v) is 13.8. The summed E-state index contributed by atoms with van der Waals surface area (Å²) in [5.74, 6) is -0.372. The molecule has 6 N–H and O–H groups in total. The predicted octanol–water partition coefficient (Wildman–Crippen LogP) is 4.63. The SMILES string of the molecule is C=C/C(F)=C(\C=C/CC)OC(/C=C/C)=C/C=C/n1ncc(C(=O)Cc2cc(=C/C(C=C)OF)/c(=C\CNSN)[nH]2)c1N. The monoisotopic (exact) mass is 598 g/mol. The molecule has 0 saturated heterocycles. The zero-order valence-electron chi connectivity index (χ0n) is 23.6. The van der Waals surface area contributed by atoms with E-state index in [4.69, 9.17) is 15.6 Å². The third-order valence-electron chi connectivity index (χ3n) is 5.54. The molecule has 2 aromatic rings. The van der Waals surface area contributed by atoms with Crippen LogP contribution in [0.5, 0.6) is 0 Å². The van der Waals surface area contributed by atoms with Gasteiger partial charge in [-0.15, -0.1) is 6.58 Å². The van der Waals surface area contributed by atoms with E-state index in [1.54, 1.807) is 49.4 Å². The van der Waals surface area contributed by atoms with E-state index in [1.807, 2.05) is 6.92 Å². The number of aromatic nitrogens is 3. The second-order valence-corrected chi connectivity index (χ2v) is 9.04. The minimum absolute atomic E-state index is 0.0168. The number of hydrogen-bond donors (Lipinski definition) is 4. The summed E-state index contributed by atoms with van der Waals surface area (Å²) in [7, 11) is 0. The molecule has 0 aliphatic rings. The van der Waals surface area contributed by atoms with Crippen LogP contribution in [-0.4, -0.2) is 33.2 Å². The van der Waals surface area contributed by atoms with Crippen molar-refractivity contribution in [2.75, 3.05) is 12.3 Å². The number of hydrogen-bond acceptors (Lipinski definition) is 8. The number of aromatic amines is 1. The fraction of sp³-hybridized carbons (Fsp3) is 0.200. The molecule has 0 saturated carbocycles. The first-order chi connectivity index (χ1) is 20.3. The molecular formula is C30H36F2N6O3S. The van der Waals surface area contributed by atoms with E-state index in [9.17, 15) is 13.7 Å². The first kappa shape index (κ1) is 34.0. The molecule has 2 heterocycles. The highest BCUT2D eigenvalue weighted by Gasteiger charge is 2.16. The van der Waals surface area contributed by atoms with Gasteiger partial charge in [-0.2, -0.15) is 10.0 Å². The molecule has 12 heteroatoms. The van der Waals surface area contributed by atoms with Crippen molar-refractivity contribution >= 4 is 42.1 Å². The number of rotatable bonds is 17. The number of ketones is 1. The number of nitrogens with zero attached hydrogens (tertiary/aromatic N) is 2. The molecule has 1 unspecified atom stereocenters. The fourth-order valence-corrected chi connectivity index (χ4v) is 3.72. The molecule has 0 spiro atoms. The Balaban J connectivity index is 2.29. The number of nitrogens with two attached hydrogens (primary N) is 2. The van der Waals surface area contributed by atoms with E-state index in [0.29, 0.717) is 35.0 Å². The van der Waals surface area contributed by atoms with Crippen LogP contribution >= 0.6 is 12.1 Å². The minimum atomic E-state index is -0.960. The second-order valence-electron chi connectivity index (χ2n) is 8.52. The van der Waals surface area contributed by atoms with E-state index < -0.39 is 11.9 Å². The Bertz CT molecular complexity index is 1500. The van der Waals surface area contributed by atoms with Gasteiger partial charge in [-0.25, -0.2) is 13.8 Å². The smallest absolute Gasteiger partial charge is 0.174 e. The molecule has 0 amide bonds. The number of allylic oxidation sites excluding steroid dienone is 8. The number of anilines is 1. The summed E-state index contributed by atoms with van der Waals surface area (Å²) >= 11 is 0.959. The minimum Gasteiger partial charge on any atom is -0.454 e. The summed E-state index contributed by atoms with van der Waals surface area (Å²) in [5, 5.41) is 10.9. The summed E-state index contributed by atoms with van der Waals surface area (Å²) in [6.07, 6.45) is 18.3. The van der Waals surface area contributed by atoms with Crippen molar-refractivity contribution in [3.05, 3.63) is 113 Å². The Morgan fingerprint density at radius 1 is 1.36 bits per heavy atom. The third-order valence-corrected chi connectivity index (χ3v) is 5.87. The Kier molecular flexibility index (Phi) is 14.8. The van der Waals surface area contributed by atoms with Crippen LogP contribution < -0.4 is 26.2 Å². The van der Waals surface area contributed by atoms with Crippen LogP contribution in [0.15, 0.2) is 91.4 Å². The molecule has 42 heavy (non-hydrogen) atoms. The summed E-state index contributed by atoms with van der Waals surface area (Å²) in [4.78, 5) is 20.2. The molecular weight excluding hydrogens is 562 g/mol. The van der Waals surface area contributed by atoms with Gasteiger partial charge in [0.25, 0.3) is 0 Å². The van der Waals surface area contributed by atoms with Crippen molar-refractivity contribution in [2.45, 2.75) is 32.8 Å². The lowest BCUT2D eigenvalue weighted by Gasteiger charge is -2.07. The van der Waals surface area contributed by atoms with Crippen molar-refractivity contribution in [3.8, 4) is 0 Å². The molecule has 0 aliphatic heterocycles. The summed E-state index contributed by atoms with van der Waals surface area (Å²) in [6.45, 7) is 11.1. The molecule has 0 aliphatic carbocycles. The zero-order valence-corrected chi connectivity index (χ0v) is 24.4. The number of nitrogens with one attached hydrogen (secondary N) is 2. The van der Waals surface area contributed by atoms with E-state index in [2.05, 4.69) is 32.9 Å². The van der Waals surface area contributed by atoms with E-state index in [1.165, 1.54) is 35.3 Å². The van der Waals surface area contributed by atoms with E-state index in [0.717, 1.165) is 18.2 Å². The van der Waals surface area contributed by atoms with Crippen LogP contribution in [0.2, 0.25) is 0 Å². The van der Waals surface area contributed by atoms with Gasteiger partial charge in [0.1, 0.15) is 17.7 Å². The molecule has 0 aromatic carbocycles. The molecule has 1 atom stereocenters. The highest BCUT2D eigenvalue weighted by molar-refractivity contribution is 7.95. The molecule has 224 valence electrons. The number of halogens is 2. The highest BCUT2D eigenvalue weighted by atomic mass is 32.2. The Hall–Kier alpha value is -4.23. The zero-order chi connectivity index (χ0) is 30.9. The lowest BCUT2D eigenvalue weighted by Crippen LogP contribution is -2.26. The lowest BCUT2D eigenvalue weighted by atomic mass is 10.1. The topological polar surface area (TPSA) is 133 Å². The second kappa shape index (κ2) is 18.3. The molecule has 0 radical (unpaired) electrons. The van der Waals surface area contributed by atoms with Crippen molar-refractivity contribution in [1.82, 2.24) is 19.5 Å². The maximum Gasteiger partial charge on any atom is 0.174 e. The van der Waals surface area contributed by atoms with Gasteiger partial charge in [-0.3, -0.25) is 9.93 Å². The van der Waals surface area contributed by atoms with E-state index >= 15 is 0 Å². The fourth-order valence-electron chi connectivity index (χ4n) is 3.54. The van der Waals surface area contributed by atoms with Crippen molar-refractivity contribution in [3.63, 3.8) is 0 Å². The Labute approximate surface area is 248 Å². The summed E-state index contributed by atoms with van der Waals surface area (Å²) in [6, 6.07) is 1.72. The van der Waals surface area contributed by atoms with Gasteiger partial charge in [0, 0.05) is 35.9 Å². The molecule has 2 rings (SSSR count). The average molecular weight is 599 g/mol. The first-order valence-electron chi connectivity index (χ1n) is 12.9. The number of Topliss-reactive ketones (excluding diaryl/α,β-unsaturated/α-hetero) is 1. The number of carbonyl (C=O) groups is 1. The highest BCUT2D eigenvalue weighted by Crippen LogP contribution is 2.18. The van der Waals surface area contributed by atoms with Crippen LogP contribution in [0.1, 0.15) is 36.3 Å². The Morgan fingerprint density at radius 2 is 2.14 bits per heavy atom. The molecule has 2 aromatic heterocycles. The van der Waals surface area contributed by atoms with Gasteiger partial charge in [0.2, 0.25) is 0 Å². The van der Waals surface area contributed by atoms with E-state index in [-0.39, 0.29) is 29.3 Å². The van der Waals surface area contributed by atoms with Gasteiger partial charge in [0.05, 0.1) is 18.2 Å². The van der Waals surface area contributed by atoms with Gasteiger partial charge in [0.15, 0.2) is 17.4 Å². The molecule has 0 fully saturated rings. The van der Waals surface area contributed by atoms with Gasteiger partial charge < -0.3 is 15.5 Å². The van der Waals surface area contributed by atoms with Gasteiger partial charge in [-0.1, -0.05) is 31.7 Å². The maximum absolute atomic E-state index is 14.2. The van der Waals surface area contributed by atoms with Crippen LogP contribution in [-0.2, 0) is 16.1 Å². The van der Waals surface area contributed by atoms with Crippen molar-refractivity contribution in [2.24, 2.45) is 5.14 Å². The van der Waals surface area contributed by atoms with Crippen molar-refractivity contribution < 1.29 is 23.4 Å². The number of ether oxygens (including phenoxy) is 1. The quantitative estimate of drug-likeness (QED) is 0.0518. The summed E-state index contributed by atoms with van der Waals surface area (Å²) in [5.41, 5.74) is 7.01. The largest absolute Gasteiger partial charge is 0.454 e. The molecule has 0 bridgehead atoms. The standard InChI is InChI=1S/C30H36F2N6O3S/c1-5-9-13-29(26(31)8-4)40-24(11-6-2)12-10-16-38-30(33)25(20-35-38)28(39)19-22-17-21(18-23(7-3)41-32)27(37-22)14-15-36-42-34/h6-14,16-18,20,23,36-37H,3-5,15,19,33-34H2,1-2H3/b11-6+,13-9-,16-10+,21-18-,24-12+,27-14+,29-26-. The lowest BCUT2D eigenvalue weighted by molar-refractivity contribution is -0.140. The Morgan fingerprint density at radius 3 is 2.79 bits per heavy atom. The van der Waals surface area contributed by atoms with Crippen LogP contribution in [0, 0.1) is 0 Å². The number of nitrogen functional groups attached to an aromatic ring is 1. The normalized spacial score (nSPS) is 14.7. The maximum atomic E-state index is 14.2. The van der Waals surface area contributed by atoms with Crippen LogP contribution in [0.25, 0.3) is 18.4 Å². The van der Waals surface area contributed by atoms with Crippen LogP contribution in [0.4, 0.5) is 14.7 Å². The third kappa shape index (κ3) is 10.3. The number of carbonyl (C=O) groups excluding carboxylic acids is 1. The molecule has 9 nitrogen and oxygen atoms in total. The predicted molar refractivity (Wildman–Crippen MR) is 167 cm³/mol. The van der Waals surface area contributed by atoms with Crippen LogP contribution in [0.3, 0.4) is 0 Å². The van der Waals surface area contributed by atoms with Gasteiger partial charge in [-0.05, 0) is 71.7 Å². The van der Waals surface area contributed by atoms with Crippen molar-refractivity contribution in [1.29, 1.82) is 0 Å². The number of H-pyrrole nitrogens is 1. The average Bonchev–Trinajstić information content (AvgIpc) is 3.55. The summed E-state index contributed by atoms with van der Waals surface area (Å²) < 4.78 is 36.9.